The summed E-state index contributed by atoms with van der Waals surface area (Å²) in [5.41, 5.74) is 44.1. The van der Waals surface area contributed by atoms with E-state index >= 15 is 0 Å². The first-order chi connectivity index (χ1) is 58.5. The van der Waals surface area contributed by atoms with Crippen molar-refractivity contribution in [2.45, 2.75) is 209 Å². The lowest BCUT2D eigenvalue weighted by molar-refractivity contribution is -0.660. The molecule has 0 radical (unpaired) electrons. The lowest BCUT2D eigenvalue weighted by Gasteiger charge is -2.49. The van der Waals surface area contributed by atoms with Crippen molar-refractivity contribution < 1.29 is 18.3 Å². The van der Waals surface area contributed by atoms with Gasteiger partial charge >= 0.3 is 0 Å². The van der Waals surface area contributed by atoms with Crippen molar-refractivity contribution >= 4 is 43.1 Å². The highest BCUT2D eigenvalue weighted by molar-refractivity contribution is 6.04. The number of aromatic nitrogens is 4. The van der Waals surface area contributed by atoms with Crippen LogP contribution >= 0.6 is 0 Å². The quantitative estimate of drug-likeness (QED) is 0.156. The minimum absolute atomic E-state index is 0.000278. The lowest BCUT2D eigenvalue weighted by atomic mass is 9.54. The Kier molecular flexibility index (Phi) is 20.5. The summed E-state index contributed by atoms with van der Waals surface area (Å²) >= 11 is 0. The number of rotatable bonds is 4. The molecule has 624 valence electrons. The summed E-state index contributed by atoms with van der Waals surface area (Å²) in [5, 5.41) is 10.7. The molecule has 0 bridgehead atoms. The molecule has 0 spiro atoms. The van der Waals surface area contributed by atoms with Gasteiger partial charge in [0.2, 0.25) is 22.8 Å². The van der Waals surface area contributed by atoms with Gasteiger partial charge in [-0.05, 0) is 306 Å². The van der Waals surface area contributed by atoms with Crippen LogP contribution in [0.4, 0.5) is 0 Å². The summed E-state index contributed by atoms with van der Waals surface area (Å²) in [5.74, 6) is 0. The highest BCUT2D eigenvalue weighted by Crippen LogP contribution is 2.62. The lowest BCUT2D eigenvalue weighted by Crippen LogP contribution is -2.44. The van der Waals surface area contributed by atoms with Gasteiger partial charge < -0.3 is 0 Å². The molecule has 0 aliphatic heterocycles. The molecule has 0 unspecified atom stereocenters. The van der Waals surface area contributed by atoms with Gasteiger partial charge in [0.1, 0.15) is 28.2 Å². The van der Waals surface area contributed by atoms with E-state index in [1.165, 1.54) is 222 Å². The van der Waals surface area contributed by atoms with Gasteiger partial charge in [-0.25, -0.2) is 18.3 Å². The Morgan fingerprint density at radius 1 is 0.194 bits per heavy atom. The molecule has 4 heteroatoms. The van der Waals surface area contributed by atoms with Crippen LogP contribution in [0.5, 0.6) is 0 Å². The van der Waals surface area contributed by atoms with E-state index in [0.717, 1.165) is 0 Å². The van der Waals surface area contributed by atoms with E-state index in [2.05, 4.69) is 480 Å². The molecule has 0 N–H and O–H groups in total. The number of benzene rings is 12. The topological polar surface area (TPSA) is 15.5 Å². The second kappa shape index (κ2) is 30.0. The summed E-state index contributed by atoms with van der Waals surface area (Å²) in [7, 11) is 8.57. The molecule has 20 rings (SSSR count). The van der Waals surface area contributed by atoms with Crippen molar-refractivity contribution in [3.63, 3.8) is 0 Å². The number of nitrogens with zero attached hydrogens (tertiary/aromatic N) is 4. The SMILES string of the molecule is Cc1cc[n+](C)c(-c2cc3c(cc2C)-c2c(ccc4ccccc24)C(C)(C)C3(C)C)c1.Cc1cc[n+](C)c(-c2ccc3c(c2C)C(C)(C)C(C)(C)c2c-3ccc3ccccc23)c1.Cc1cc[n+](C)c(-c2ccc3c(c2C)C(C)(C)C(C)(C)c2cc4ccccc4cc2-3)c1.Cc1cc[n+](C)c(-c2ccc3c(c2C)C(C)(C)C(C)(C)c2ccc4ccccc4c2-3)c1. The van der Waals surface area contributed by atoms with Crippen molar-refractivity contribution in [1.82, 2.24) is 0 Å². The van der Waals surface area contributed by atoms with E-state index in [1.54, 1.807) is 0 Å². The third-order valence-corrected chi connectivity index (χ3v) is 32.3. The zero-order valence-corrected chi connectivity index (χ0v) is 79.2. The number of pyridine rings is 4. The average molecular weight is 1630 g/mol. The molecule has 0 amide bonds. The number of hydrogen-bond donors (Lipinski definition) is 0. The van der Waals surface area contributed by atoms with Gasteiger partial charge in [-0.15, -0.1) is 0 Å². The maximum absolute atomic E-state index is 2.48. The summed E-state index contributed by atoms with van der Waals surface area (Å²) in [6.45, 7) is 56.7. The van der Waals surface area contributed by atoms with E-state index in [-0.39, 0.29) is 43.3 Å². The summed E-state index contributed by atoms with van der Waals surface area (Å²) in [6, 6.07) is 91.0. The first-order valence-electron chi connectivity index (χ1n) is 45.1. The van der Waals surface area contributed by atoms with Gasteiger partial charge in [0.25, 0.3) is 0 Å². The Balaban J connectivity index is 0.000000117. The molecular formula is C120H128N4+4. The molecule has 4 aliphatic rings. The van der Waals surface area contributed by atoms with Crippen molar-refractivity contribution in [3.05, 3.63) is 356 Å². The van der Waals surface area contributed by atoms with Crippen LogP contribution in [-0.4, -0.2) is 0 Å². The van der Waals surface area contributed by atoms with Gasteiger partial charge in [0.05, 0.1) is 0 Å². The molecular weight excluding hydrogens is 1500 g/mol. The predicted molar refractivity (Wildman–Crippen MR) is 526 cm³/mol. The first-order valence-corrected chi connectivity index (χ1v) is 45.1. The molecule has 4 aromatic heterocycles. The molecule has 4 aliphatic carbocycles. The fourth-order valence-corrected chi connectivity index (χ4v) is 22.4. The largest absolute Gasteiger partial charge is 0.212 e. The molecule has 4 nitrogen and oxygen atoms in total. The summed E-state index contributed by atoms with van der Waals surface area (Å²) in [6.07, 6.45) is 8.67. The van der Waals surface area contributed by atoms with Gasteiger partial charge in [-0.3, -0.25) is 0 Å². The average Bonchev–Trinajstić information content (AvgIpc) is 0.713. The van der Waals surface area contributed by atoms with E-state index in [9.17, 15) is 0 Å². The van der Waals surface area contributed by atoms with E-state index < -0.39 is 0 Å². The fourth-order valence-electron chi connectivity index (χ4n) is 22.4. The van der Waals surface area contributed by atoms with E-state index in [0.29, 0.717) is 0 Å². The Morgan fingerprint density at radius 3 is 0.919 bits per heavy atom. The van der Waals surface area contributed by atoms with Gasteiger partial charge in [-0.2, -0.15) is 0 Å². The van der Waals surface area contributed by atoms with Gasteiger partial charge in [-0.1, -0.05) is 269 Å². The van der Waals surface area contributed by atoms with Gasteiger partial charge in [0, 0.05) is 76.2 Å². The van der Waals surface area contributed by atoms with Crippen LogP contribution in [0.1, 0.15) is 200 Å². The molecule has 12 aromatic carbocycles. The monoisotopic (exact) mass is 1630 g/mol. The van der Waals surface area contributed by atoms with Crippen LogP contribution in [0.15, 0.2) is 267 Å². The number of fused-ring (bicyclic) bond motifs is 19. The number of aryl methyl sites for hydroxylation is 9. The first kappa shape index (κ1) is 84.5. The maximum Gasteiger partial charge on any atom is 0.212 e. The Morgan fingerprint density at radius 2 is 0.476 bits per heavy atom. The second-order valence-corrected chi connectivity index (χ2v) is 41.4. The highest BCUT2D eigenvalue weighted by atomic mass is 14.9. The zero-order chi connectivity index (χ0) is 88.5. The predicted octanol–water partition coefficient (Wildman–Crippen LogP) is 28.7. The number of hydrogen-bond acceptors (Lipinski definition) is 0. The Labute approximate surface area is 740 Å². The molecule has 0 fully saturated rings. The van der Waals surface area contributed by atoms with Crippen molar-refractivity contribution in [1.29, 1.82) is 0 Å². The second-order valence-electron chi connectivity index (χ2n) is 41.4. The standard InChI is InChI=1S/4C30H32N/c1-19-16-17-31(7)26(18-19)22-13-14-24-27-23-11-9-8-10-21(23)12-15-25(27)29(3,4)30(5,6)28(24)20(22)2;1-19-14-15-31(7)27(16-19)23-12-13-24-25-17-21-10-8-9-11-22(21)18-26(25)29(3,4)30(5,6)28(24)20(23)2;1-19-14-15-31(7)27(16-19)23-18-26-24(17-20(23)2)28-22-11-9-8-10-21(22)12-13-25(28)29(3,4)30(26,5)6;1-19-16-17-31(7)26(18-19)22-14-15-24-25-13-12-21-10-8-9-11-23(21)28(25)30(5,6)29(3,4)27(24)20(22)2/h4*8-18H,1-7H3/q4*+1. The van der Waals surface area contributed by atoms with Crippen LogP contribution in [0.25, 0.3) is 133 Å². The molecule has 16 aromatic rings. The minimum Gasteiger partial charge on any atom is -0.201 e. The third kappa shape index (κ3) is 13.0. The third-order valence-electron chi connectivity index (χ3n) is 32.3. The summed E-state index contributed by atoms with van der Waals surface area (Å²) < 4.78 is 8.96. The molecule has 0 saturated heterocycles. The molecule has 0 saturated carbocycles. The van der Waals surface area contributed by atoms with E-state index in [4.69, 9.17) is 0 Å². The fraction of sp³-hybridized carbons (Fsp3) is 0.300. The van der Waals surface area contributed by atoms with Crippen molar-refractivity contribution in [3.8, 4) is 89.5 Å². The highest BCUT2D eigenvalue weighted by Gasteiger charge is 2.52. The van der Waals surface area contributed by atoms with Crippen LogP contribution in [0, 0.1) is 55.4 Å². The Hall–Kier alpha value is -11.7. The minimum atomic E-state index is -0.0120. The van der Waals surface area contributed by atoms with Crippen LogP contribution in [-0.2, 0) is 71.5 Å². The van der Waals surface area contributed by atoms with Crippen molar-refractivity contribution in [2.75, 3.05) is 0 Å². The molecule has 4 heterocycles. The zero-order valence-electron chi connectivity index (χ0n) is 79.2. The van der Waals surface area contributed by atoms with E-state index in [1.807, 2.05) is 0 Å². The van der Waals surface area contributed by atoms with Crippen LogP contribution < -0.4 is 18.3 Å². The van der Waals surface area contributed by atoms with Gasteiger partial charge in [0.15, 0.2) is 24.8 Å². The molecule has 124 heavy (non-hydrogen) atoms. The summed E-state index contributed by atoms with van der Waals surface area (Å²) in [4.78, 5) is 0. The normalized spacial score (nSPS) is 16.1. The van der Waals surface area contributed by atoms with Crippen LogP contribution in [0.3, 0.4) is 0 Å². The Bertz CT molecular complexity index is 6860. The molecule has 0 atom stereocenters. The van der Waals surface area contributed by atoms with Crippen molar-refractivity contribution in [2.24, 2.45) is 28.2 Å². The smallest absolute Gasteiger partial charge is 0.201 e. The maximum atomic E-state index is 2.48. The van der Waals surface area contributed by atoms with Crippen LogP contribution in [0.2, 0.25) is 0 Å².